The normalized spacial score (nSPS) is 18.9. The molecular formula is C24H28N4O2S. The Balaban J connectivity index is 1.72. The fourth-order valence-corrected chi connectivity index (χ4v) is 5.64. The van der Waals surface area contributed by atoms with Crippen molar-refractivity contribution in [1.29, 1.82) is 0 Å². The minimum Gasteiger partial charge on any atom is -0.397 e. The molecule has 1 aromatic carbocycles. The number of fused-ring (bicyclic) bond motifs is 3. The molecule has 31 heavy (non-hydrogen) atoms. The first kappa shape index (κ1) is 20.4. The summed E-state index contributed by atoms with van der Waals surface area (Å²) in [6.07, 6.45) is 0.870. The SMILES string of the molecule is CN1Cc2c(N3CCOCC3)nc3sc(C(=O)c4ccccc4)c(N)c3c2CC1(C)C. The van der Waals surface area contributed by atoms with Gasteiger partial charge in [0.05, 0.1) is 18.9 Å². The molecule has 0 spiro atoms. The number of anilines is 2. The molecule has 4 heterocycles. The zero-order valence-corrected chi connectivity index (χ0v) is 19.1. The highest BCUT2D eigenvalue weighted by Gasteiger charge is 2.36. The lowest BCUT2D eigenvalue weighted by atomic mass is 9.84. The summed E-state index contributed by atoms with van der Waals surface area (Å²) in [7, 11) is 2.16. The van der Waals surface area contributed by atoms with Gasteiger partial charge in [-0.25, -0.2) is 4.98 Å². The molecular weight excluding hydrogens is 408 g/mol. The average Bonchev–Trinajstić information content (AvgIpc) is 3.11. The number of nitrogen functional groups attached to an aromatic ring is 1. The zero-order chi connectivity index (χ0) is 21.8. The van der Waals surface area contributed by atoms with E-state index in [1.807, 2.05) is 30.3 Å². The van der Waals surface area contributed by atoms with Crippen LogP contribution in [-0.4, -0.2) is 54.6 Å². The van der Waals surface area contributed by atoms with Crippen LogP contribution >= 0.6 is 11.3 Å². The fraction of sp³-hybridized carbons (Fsp3) is 0.417. The number of rotatable bonds is 3. The zero-order valence-electron chi connectivity index (χ0n) is 18.3. The van der Waals surface area contributed by atoms with Crippen LogP contribution in [0.5, 0.6) is 0 Å². The molecule has 2 N–H and O–H groups in total. The molecule has 0 radical (unpaired) electrons. The number of ether oxygens (including phenoxy) is 1. The first-order chi connectivity index (χ1) is 14.9. The Morgan fingerprint density at radius 2 is 1.87 bits per heavy atom. The molecule has 162 valence electrons. The van der Waals surface area contributed by atoms with Crippen molar-refractivity contribution in [2.75, 3.05) is 44.0 Å². The summed E-state index contributed by atoms with van der Waals surface area (Å²) in [4.78, 5) is 24.5. The van der Waals surface area contributed by atoms with Gasteiger partial charge in [-0.1, -0.05) is 30.3 Å². The van der Waals surface area contributed by atoms with Gasteiger partial charge in [0, 0.05) is 41.7 Å². The smallest absolute Gasteiger partial charge is 0.205 e. The number of carbonyl (C=O) groups excluding carboxylic acids is 1. The van der Waals surface area contributed by atoms with Gasteiger partial charge in [0.25, 0.3) is 0 Å². The molecule has 0 aliphatic carbocycles. The van der Waals surface area contributed by atoms with E-state index in [4.69, 9.17) is 15.5 Å². The van der Waals surface area contributed by atoms with Gasteiger partial charge >= 0.3 is 0 Å². The van der Waals surface area contributed by atoms with E-state index in [-0.39, 0.29) is 11.3 Å². The van der Waals surface area contributed by atoms with Crippen molar-refractivity contribution in [3.63, 3.8) is 0 Å². The van der Waals surface area contributed by atoms with E-state index in [9.17, 15) is 4.79 Å². The molecule has 0 bridgehead atoms. The summed E-state index contributed by atoms with van der Waals surface area (Å²) in [6.45, 7) is 8.41. The fourth-order valence-electron chi connectivity index (χ4n) is 4.56. The van der Waals surface area contributed by atoms with Gasteiger partial charge in [-0.3, -0.25) is 9.69 Å². The molecule has 2 aliphatic rings. The topological polar surface area (TPSA) is 71.7 Å². The predicted molar refractivity (Wildman–Crippen MR) is 126 cm³/mol. The second-order valence-electron chi connectivity index (χ2n) is 9.06. The summed E-state index contributed by atoms with van der Waals surface area (Å²) in [5, 5.41) is 0.970. The highest BCUT2D eigenvalue weighted by Crippen LogP contribution is 2.44. The molecule has 7 heteroatoms. The van der Waals surface area contributed by atoms with Gasteiger partial charge in [-0.2, -0.15) is 0 Å². The second kappa shape index (κ2) is 7.58. The number of carbonyl (C=O) groups is 1. The van der Waals surface area contributed by atoms with Crippen molar-refractivity contribution >= 4 is 38.8 Å². The van der Waals surface area contributed by atoms with Crippen LogP contribution in [-0.2, 0) is 17.7 Å². The van der Waals surface area contributed by atoms with Crippen molar-refractivity contribution in [3.8, 4) is 0 Å². The monoisotopic (exact) mass is 436 g/mol. The van der Waals surface area contributed by atoms with Crippen molar-refractivity contribution in [2.24, 2.45) is 0 Å². The number of thiophene rings is 1. The number of benzene rings is 1. The third-order valence-electron chi connectivity index (χ3n) is 6.66. The van der Waals surface area contributed by atoms with Crippen LogP contribution in [0.25, 0.3) is 10.2 Å². The molecule has 3 aromatic rings. The van der Waals surface area contributed by atoms with Crippen LogP contribution < -0.4 is 10.6 Å². The van der Waals surface area contributed by atoms with Crippen molar-refractivity contribution < 1.29 is 9.53 Å². The molecule has 0 amide bonds. The quantitative estimate of drug-likeness (QED) is 0.631. The van der Waals surface area contributed by atoms with Crippen molar-refractivity contribution in [1.82, 2.24) is 9.88 Å². The number of aromatic nitrogens is 1. The molecule has 6 nitrogen and oxygen atoms in total. The van der Waals surface area contributed by atoms with E-state index in [0.717, 1.165) is 42.1 Å². The molecule has 1 fully saturated rings. The molecule has 1 saturated heterocycles. The summed E-state index contributed by atoms with van der Waals surface area (Å²) >= 11 is 1.42. The number of likely N-dealkylation sites (N-methyl/N-ethyl adjacent to an activating group) is 1. The maximum Gasteiger partial charge on any atom is 0.205 e. The number of hydrogen-bond donors (Lipinski definition) is 1. The number of ketones is 1. The van der Waals surface area contributed by atoms with Gasteiger partial charge in [0.1, 0.15) is 15.5 Å². The highest BCUT2D eigenvalue weighted by atomic mass is 32.1. The Bertz CT molecular complexity index is 1150. The third kappa shape index (κ3) is 3.41. The van der Waals surface area contributed by atoms with E-state index in [1.165, 1.54) is 22.5 Å². The minimum absolute atomic E-state index is 0.00153. The lowest BCUT2D eigenvalue weighted by Crippen LogP contribution is -2.47. The molecule has 2 aromatic heterocycles. The summed E-state index contributed by atoms with van der Waals surface area (Å²) in [6, 6.07) is 9.35. The Morgan fingerprint density at radius 1 is 1.16 bits per heavy atom. The van der Waals surface area contributed by atoms with Gasteiger partial charge in [-0.15, -0.1) is 11.3 Å². The lowest BCUT2D eigenvalue weighted by Gasteiger charge is -2.43. The van der Waals surface area contributed by atoms with Crippen LogP contribution in [0, 0.1) is 0 Å². The Hall–Kier alpha value is -2.48. The molecule has 0 saturated carbocycles. The lowest BCUT2D eigenvalue weighted by molar-refractivity contribution is 0.104. The van der Waals surface area contributed by atoms with Gasteiger partial charge < -0.3 is 15.4 Å². The van der Waals surface area contributed by atoms with E-state index in [1.54, 1.807) is 0 Å². The van der Waals surface area contributed by atoms with Crippen LogP contribution in [0.1, 0.15) is 40.2 Å². The van der Waals surface area contributed by atoms with Crippen LogP contribution in [0.3, 0.4) is 0 Å². The van der Waals surface area contributed by atoms with Gasteiger partial charge in [-0.05, 0) is 32.9 Å². The Kier molecular flexibility index (Phi) is 5.00. The van der Waals surface area contributed by atoms with Gasteiger partial charge in [0.2, 0.25) is 5.78 Å². The maximum atomic E-state index is 13.2. The maximum absolute atomic E-state index is 13.2. The number of hydrogen-bond acceptors (Lipinski definition) is 7. The standard InChI is InChI=1S/C24H28N4O2S/c1-24(2)13-16-17(14-27(24)3)22(28-9-11-30-12-10-28)26-23-18(16)19(25)21(31-23)20(29)15-7-5-4-6-8-15/h4-8H,9-14,25H2,1-3H3. The van der Waals surface area contributed by atoms with Gasteiger partial charge in [0.15, 0.2) is 0 Å². The van der Waals surface area contributed by atoms with Crippen LogP contribution in [0.15, 0.2) is 30.3 Å². The highest BCUT2D eigenvalue weighted by molar-refractivity contribution is 7.21. The van der Waals surface area contributed by atoms with E-state index in [0.29, 0.717) is 29.3 Å². The van der Waals surface area contributed by atoms with Crippen molar-refractivity contribution in [3.05, 3.63) is 51.9 Å². The summed E-state index contributed by atoms with van der Waals surface area (Å²) in [5.41, 5.74) is 10.4. The largest absolute Gasteiger partial charge is 0.397 e. The Labute approximate surface area is 186 Å². The Morgan fingerprint density at radius 3 is 2.58 bits per heavy atom. The number of nitrogens with two attached hydrogens (primary N) is 1. The van der Waals surface area contributed by atoms with E-state index in [2.05, 4.69) is 30.7 Å². The number of nitrogens with zero attached hydrogens (tertiary/aromatic N) is 3. The first-order valence-corrected chi connectivity index (χ1v) is 11.6. The average molecular weight is 437 g/mol. The third-order valence-corrected chi connectivity index (χ3v) is 7.76. The summed E-state index contributed by atoms with van der Waals surface area (Å²) in [5.74, 6) is 0.989. The number of morpholine rings is 1. The molecule has 5 rings (SSSR count). The molecule has 2 aliphatic heterocycles. The van der Waals surface area contributed by atoms with E-state index >= 15 is 0 Å². The molecule has 0 unspecified atom stereocenters. The molecule has 0 atom stereocenters. The summed E-state index contributed by atoms with van der Waals surface area (Å²) < 4.78 is 5.57. The van der Waals surface area contributed by atoms with Crippen molar-refractivity contribution in [2.45, 2.75) is 32.4 Å². The first-order valence-electron chi connectivity index (χ1n) is 10.7. The second-order valence-corrected chi connectivity index (χ2v) is 10.1. The predicted octanol–water partition coefficient (Wildman–Crippen LogP) is 3.71. The van der Waals surface area contributed by atoms with E-state index < -0.39 is 0 Å². The van der Waals surface area contributed by atoms with Crippen LogP contribution in [0.4, 0.5) is 11.5 Å². The number of pyridine rings is 1. The minimum atomic E-state index is -0.0324. The van der Waals surface area contributed by atoms with Crippen LogP contribution in [0.2, 0.25) is 0 Å².